The molecule has 6 heteroatoms. The molecule has 1 aliphatic rings. The third-order valence-corrected chi connectivity index (χ3v) is 3.79. The molecule has 1 fully saturated rings. The van der Waals surface area contributed by atoms with E-state index in [-0.39, 0.29) is 27.8 Å². The Labute approximate surface area is 117 Å². The zero-order chi connectivity index (χ0) is 13.3. The van der Waals surface area contributed by atoms with Crippen molar-refractivity contribution in [1.29, 1.82) is 0 Å². The summed E-state index contributed by atoms with van der Waals surface area (Å²) in [5.74, 6) is -1.40. The summed E-state index contributed by atoms with van der Waals surface area (Å²) in [6.07, 6.45) is 0.0203. The van der Waals surface area contributed by atoms with Crippen LogP contribution in [0.15, 0.2) is 16.6 Å². The monoisotopic (exact) mass is 340 g/mol. The van der Waals surface area contributed by atoms with Crippen molar-refractivity contribution in [2.75, 3.05) is 6.61 Å². The Morgan fingerprint density at radius 2 is 2.17 bits per heavy atom. The third kappa shape index (κ3) is 2.78. The highest BCUT2D eigenvalue weighted by atomic mass is 79.9. The van der Waals surface area contributed by atoms with Crippen molar-refractivity contribution in [2.45, 2.75) is 30.9 Å². The number of hydrogen-bond donors (Lipinski definition) is 0. The van der Waals surface area contributed by atoms with Crippen LogP contribution in [0.25, 0.3) is 0 Å². The topological polar surface area (TPSA) is 18.5 Å². The average molecular weight is 342 g/mol. The summed E-state index contributed by atoms with van der Waals surface area (Å²) in [6, 6.07) is 1.94. The van der Waals surface area contributed by atoms with Crippen molar-refractivity contribution < 1.29 is 18.3 Å². The van der Waals surface area contributed by atoms with Crippen molar-refractivity contribution in [3.63, 3.8) is 0 Å². The van der Waals surface area contributed by atoms with E-state index in [2.05, 4.69) is 15.9 Å². The van der Waals surface area contributed by atoms with Crippen molar-refractivity contribution in [3.05, 3.63) is 28.2 Å². The summed E-state index contributed by atoms with van der Waals surface area (Å²) < 4.78 is 37.7. The summed E-state index contributed by atoms with van der Waals surface area (Å²) in [5.41, 5.74) is 0. The van der Waals surface area contributed by atoms with Crippen LogP contribution in [0.3, 0.4) is 0 Å². The van der Waals surface area contributed by atoms with E-state index in [9.17, 15) is 8.78 Å². The first-order valence-electron chi connectivity index (χ1n) is 5.59. The second-order valence-electron chi connectivity index (χ2n) is 4.03. The quantitative estimate of drug-likeness (QED) is 0.774. The Bertz CT molecular complexity index is 421. The van der Waals surface area contributed by atoms with Gasteiger partial charge in [-0.3, -0.25) is 0 Å². The maximum absolute atomic E-state index is 13.6. The van der Waals surface area contributed by atoms with Gasteiger partial charge in [0.1, 0.15) is 18.0 Å². The van der Waals surface area contributed by atoms with Crippen molar-refractivity contribution in [2.24, 2.45) is 0 Å². The highest BCUT2D eigenvalue weighted by molar-refractivity contribution is 9.10. The van der Waals surface area contributed by atoms with E-state index >= 15 is 0 Å². The van der Waals surface area contributed by atoms with Crippen LogP contribution >= 0.6 is 27.5 Å². The molecule has 1 aromatic rings. The van der Waals surface area contributed by atoms with Gasteiger partial charge in [0.2, 0.25) is 0 Å². The molecule has 1 saturated carbocycles. The molecule has 0 radical (unpaired) electrons. The van der Waals surface area contributed by atoms with Gasteiger partial charge in [-0.2, -0.15) is 0 Å². The maximum atomic E-state index is 13.6. The maximum Gasteiger partial charge on any atom is 0.169 e. The normalized spacial score (nSPS) is 26.8. The Hall–Kier alpha value is -0.390. The van der Waals surface area contributed by atoms with Gasteiger partial charge in [0, 0.05) is 19.1 Å². The molecule has 3 unspecified atom stereocenters. The third-order valence-electron chi connectivity index (χ3n) is 2.77. The van der Waals surface area contributed by atoms with Crippen LogP contribution in [0.5, 0.6) is 5.75 Å². The zero-order valence-electron chi connectivity index (χ0n) is 9.63. The average Bonchev–Trinajstić information content (AvgIpc) is 2.29. The summed E-state index contributed by atoms with van der Waals surface area (Å²) in [7, 11) is 0. The summed E-state index contributed by atoms with van der Waals surface area (Å²) in [5, 5.41) is -0.128. The predicted octanol–water partition coefficient (Wildman–Crippen LogP) is 3.89. The molecule has 2 nitrogen and oxygen atoms in total. The van der Waals surface area contributed by atoms with Gasteiger partial charge in [-0.05, 0) is 28.9 Å². The second kappa shape index (κ2) is 5.72. The highest BCUT2D eigenvalue weighted by Gasteiger charge is 2.43. The fourth-order valence-corrected chi connectivity index (χ4v) is 2.75. The van der Waals surface area contributed by atoms with E-state index in [0.29, 0.717) is 13.0 Å². The highest BCUT2D eigenvalue weighted by Crippen LogP contribution is 2.37. The molecule has 0 spiro atoms. The smallest absolute Gasteiger partial charge is 0.169 e. The van der Waals surface area contributed by atoms with Gasteiger partial charge in [-0.25, -0.2) is 8.78 Å². The van der Waals surface area contributed by atoms with Crippen LogP contribution in [-0.4, -0.2) is 24.2 Å². The van der Waals surface area contributed by atoms with E-state index in [0.717, 1.165) is 12.1 Å². The molecule has 1 aliphatic carbocycles. The van der Waals surface area contributed by atoms with Crippen LogP contribution in [0.4, 0.5) is 8.78 Å². The van der Waals surface area contributed by atoms with Gasteiger partial charge < -0.3 is 9.47 Å². The van der Waals surface area contributed by atoms with E-state index in [1.165, 1.54) is 0 Å². The minimum atomic E-state index is -0.741. The molecule has 100 valence electrons. The number of alkyl halides is 1. The molecular formula is C12H12BrClF2O2. The number of ether oxygens (including phenoxy) is 2. The van der Waals surface area contributed by atoms with Crippen LogP contribution in [0.1, 0.15) is 13.3 Å². The van der Waals surface area contributed by atoms with Gasteiger partial charge in [0.05, 0.1) is 9.85 Å². The first kappa shape index (κ1) is 14.0. The van der Waals surface area contributed by atoms with Crippen LogP contribution in [0.2, 0.25) is 0 Å². The van der Waals surface area contributed by atoms with Crippen molar-refractivity contribution >= 4 is 27.5 Å². The molecule has 0 saturated heterocycles. The van der Waals surface area contributed by atoms with E-state index in [4.69, 9.17) is 21.1 Å². The van der Waals surface area contributed by atoms with E-state index in [1.807, 2.05) is 6.92 Å². The fourth-order valence-electron chi connectivity index (χ4n) is 1.84. The molecule has 2 rings (SSSR count). The van der Waals surface area contributed by atoms with E-state index < -0.39 is 11.6 Å². The number of benzene rings is 1. The molecule has 0 amide bonds. The molecular weight excluding hydrogens is 329 g/mol. The van der Waals surface area contributed by atoms with Crippen LogP contribution < -0.4 is 4.74 Å². The van der Waals surface area contributed by atoms with Gasteiger partial charge >= 0.3 is 0 Å². The van der Waals surface area contributed by atoms with E-state index in [1.54, 1.807) is 0 Å². The molecule has 18 heavy (non-hydrogen) atoms. The number of halogens is 4. The van der Waals surface area contributed by atoms with Gasteiger partial charge in [-0.1, -0.05) is 0 Å². The molecule has 3 atom stereocenters. The predicted molar refractivity (Wildman–Crippen MR) is 68.1 cm³/mol. The lowest BCUT2D eigenvalue weighted by Crippen LogP contribution is -2.52. The lowest BCUT2D eigenvalue weighted by atomic mass is 9.91. The fraction of sp³-hybridized carbons (Fsp3) is 0.500. The second-order valence-corrected chi connectivity index (χ2v) is 5.44. The Kier molecular flexibility index (Phi) is 4.45. The minimum absolute atomic E-state index is 0.00494. The number of hydrogen-bond acceptors (Lipinski definition) is 2. The molecule has 0 N–H and O–H groups in total. The standard InChI is InChI=1S/C12H12BrClF2O2/c1-2-17-12-8(14)5-10(12)18-11-7(13)3-6(15)4-9(11)16/h3-4,8,10,12H,2,5H2,1H3. The van der Waals surface area contributed by atoms with Crippen LogP contribution in [0, 0.1) is 11.6 Å². The number of rotatable bonds is 4. The Balaban J connectivity index is 2.10. The van der Waals surface area contributed by atoms with Gasteiger partial charge in [-0.15, -0.1) is 11.6 Å². The van der Waals surface area contributed by atoms with Gasteiger partial charge in [0.15, 0.2) is 11.6 Å². The molecule has 0 bridgehead atoms. The van der Waals surface area contributed by atoms with Crippen molar-refractivity contribution in [3.8, 4) is 5.75 Å². The first-order chi connectivity index (χ1) is 8.52. The van der Waals surface area contributed by atoms with Crippen LogP contribution in [-0.2, 0) is 4.74 Å². The molecule has 0 aliphatic heterocycles. The summed E-state index contributed by atoms with van der Waals surface area (Å²) in [6.45, 7) is 2.37. The lowest BCUT2D eigenvalue weighted by molar-refractivity contribution is -0.0773. The SMILES string of the molecule is CCOC1C(Cl)CC1Oc1c(F)cc(F)cc1Br. The molecule has 0 heterocycles. The molecule has 0 aromatic heterocycles. The molecule has 1 aromatic carbocycles. The summed E-state index contributed by atoms with van der Waals surface area (Å²) >= 11 is 9.06. The van der Waals surface area contributed by atoms with Crippen molar-refractivity contribution in [1.82, 2.24) is 0 Å². The largest absolute Gasteiger partial charge is 0.483 e. The Morgan fingerprint density at radius 1 is 1.44 bits per heavy atom. The zero-order valence-corrected chi connectivity index (χ0v) is 12.0. The minimum Gasteiger partial charge on any atom is -0.483 e. The Morgan fingerprint density at radius 3 is 2.72 bits per heavy atom. The lowest BCUT2D eigenvalue weighted by Gasteiger charge is -2.40. The van der Waals surface area contributed by atoms with Gasteiger partial charge in [0.25, 0.3) is 0 Å². The summed E-state index contributed by atoms with van der Waals surface area (Å²) in [4.78, 5) is 0. The first-order valence-corrected chi connectivity index (χ1v) is 6.82.